The number of carbonyl (C=O) groups excluding carboxylic acids is 1. The summed E-state index contributed by atoms with van der Waals surface area (Å²) in [6.45, 7) is 2.73. The molecular formula is C19H22N4O4. The number of hydrogen-bond donors (Lipinski definition) is 1. The molecule has 0 radical (unpaired) electrons. The summed E-state index contributed by atoms with van der Waals surface area (Å²) in [5, 5.41) is 7.17. The van der Waals surface area contributed by atoms with E-state index in [1.165, 1.54) is 18.9 Å². The Balaban J connectivity index is 2.04. The van der Waals surface area contributed by atoms with Gasteiger partial charge in [-0.05, 0) is 19.1 Å². The summed E-state index contributed by atoms with van der Waals surface area (Å²) in [6, 6.07) is 9.11. The van der Waals surface area contributed by atoms with Crippen molar-refractivity contribution in [2.75, 3.05) is 20.8 Å². The van der Waals surface area contributed by atoms with Crippen molar-refractivity contribution in [2.24, 2.45) is 0 Å². The number of para-hydroxylation sites is 1. The van der Waals surface area contributed by atoms with Crippen molar-refractivity contribution in [1.29, 1.82) is 0 Å². The topological polar surface area (TPSA) is 87.4 Å². The van der Waals surface area contributed by atoms with E-state index < -0.39 is 6.29 Å². The molecule has 1 aromatic rings. The van der Waals surface area contributed by atoms with Gasteiger partial charge in [0.05, 0.1) is 23.4 Å². The molecule has 0 aromatic heterocycles. The van der Waals surface area contributed by atoms with E-state index in [2.05, 4.69) is 10.4 Å². The lowest BCUT2D eigenvalue weighted by Crippen LogP contribution is -2.34. The van der Waals surface area contributed by atoms with Gasteiger partial charge in [0.1, 0.15) is 5.69 Å². The Hall–Kier alpha value is -2.97. The molecule has 8 nitrogen and oxygen atoms in total. The van der Waals surface area contributed by atoms with Crippen molar-refractivity contribution >= 4 is 5.91 Å². The van der Waals surface area contributed by atoms with E-state index in [1.807, 2.05) is 25.1 Å². The lowest BCUT2D eigenvalue weighted by atomic mass is 10.1. The van der Waals surface area contributed by atoms with Crippen molar-refractivity contribution in [2.45, 2.75) is 19.8 Å². The first-order valence-electron chi connectivity index (χ1n) is 8.61. The molecule has 1 N–H and O–H groups in total. The second-order valence-corrected chi connectivity index (χ2v) is 5.93. The number of ether oxygens (including phenoxy) is 2. The van der Waals surface area contributed by atoms with Crippen LogP contribution >= 0.6 is 0 Å². The smallest absolute Gasteiger partial charge is 0.282 e. The monoisotopic (exact) mass is 370 g/mol. The van der Waals surface area contributed by atoms with Gasteiger partial charge in [0.2, 0.25) is 0 Å². The third-order valence-corrected chi connectivity index (χ3v) is 4.29. The zero-order valence-corrected chi connectivity index (χ0v) is 15.5. The van der Waals surface area contributed by atoms with Crippen molar-refractivity contribution in [3.05, 3.63) is 58.6 Å². The molecule has 8 heteroatoms. The highest BCUT2D eigenvalue weighted by atomic mass is 16.7. The minimum atomic E-state index is -0.552. The number of nitrogens with zero attached hydrogens (tertiary/aromatic N) is 3. The summed E-state index contributed by atoms with van der Waals surface area (Å²) in [6.07, 6.45) is 2.85. The van der Waals surface area contributed by atoms with Crippen LogP contribution in [0.15, 0.2) is 47.5 Å². The first kappa shape index (κ1) is 18.8. The van der Waals surface area contributed by atoms with E-state index in [-0.39, 0.29) is 18.0 Å². The molecule has 142 valence electrons. The molecule has 27 heavy (non-hydrogen) atoms. The van der Waals surface area contributed by atoms with E-state index in [0.29, 0.717) is 29.1 Å². The molecule has 0 saturated carbocycles. The largest absolute Gasteiger partial charge is 0.354 e. The van der Waals surface area contributed by atoms with Gasteiger partial charge in [-0.2, -0.15) is 9.78 Å². The van der Waals surface area contributed by atoms with Crippen LogP contribution in [0.25, 0.3) is 16.9 Å². The number of rotatable bonds is 7. The molecular weight excluding hydrogens is 348 g/mol. The second-order valence-electron chi connectivity index (χ2n) is 5.93. The van der Waals surface area contributed by atoms with Gasteiger partial charge in [-0.25, -0.2) is 0 Å². The highest BCUT2D eigenvalue weighted by molar-refractivity contribution is 5.99. The third kappa shape index (κ3) is 3.76. The van der Waals surface area contributed by atoms with Gasteiger partial charge in [-0.15, -0.1) is 0 Å². The van der Waals surface area contributed by atoms with Crippen molar-refractivity contribution < 1.29 is 14.3 Å². The predicted octanol–water partition coefficient (Wildman–Crippen LogP) is 1.51. The molecule has 0 bridgehead atoms. The van der Waals surface area contributed by atoms with Crippen LogP contribution in [0.4, 0.5) is 0 Å². The van der Waals surface area contributed by atoms with Crippen LogP contribution in [-0.2, 0) is 16.0 Å². The number of carbonyl (C=O) groups is 1. The fourth-order valence-electron chi connectivity index (χ4n) is 2.79. The molecule has 0 unspecified atom stereocenters. The Morgan fingerprint density at radius 2 is 1.89 bits per heavy atom. The number of nitrogens with one attached hydrogen (secondary N) is 1. The zero-order chi connectivity index (χ0) is 19.4. The maximum atomic E-state index is 12.8. The number of aromatic nitrogens is 3. The highest BCUT2D eigenvalue weighted by Crippen LogP contribution is 2.22. The standard InChI is InChI=1S/C19H22N4O4/c1-4-22-11-14(18(24)20-10-16(26-2)27-3)17-15(12-22)19(25)23(21-17)13-8-6-5-7-9-13/h5-9,11-12,16H,4,10H2,1-3H3,(H,20,24). The molecule has 2 aliphatic rings. The Kier molecular flexibility index (Phi) is 5.68. The van der Waals surface area contributed by atoms with Crippen molar-refractivity contribution in [3.63, 3.8) is 0 Å². The second kappa shape index (κ2) is 8.15. The van der Waals surface area contributed by atoms with Crippen LogP contribution in [0.2, 0.25) is 0 Å². The fraction of sp³-hybridized carbons (Fsp3) is 0.316. The minimum absolute atomic E-state index is 0.179. The Morgan fingerprint density at radius 1 is 1.19 bits per heavy atom. The highest BCUT2D eigenvalue weighted by Gasteiger charge is 2.24. The third-order valence-electron chi connectivity index (χ3n) is 4.29. The normalized spacial score (nSPS) is 11.3. The van der Waals surface area contributed by atoms with Gasteiger partial charge in [-0.3, -0.25) is 9.59 Å². The lowest BCUT2D eigenvalue weighted by molar-refractivity contribution is -0.0974. The maximum Gasteiger partial charge on any atom is 0.282 e. The van der Waals surface area contributed by atoms with Gasteiger partial charge in [0, 0.05) is 33.2 Å². The van der Waals surface area contributed by atoms with Crippen LogP contribution in [0, 0.1) is 0 Å². The van der Waals surface area contributed by atoms with Gasteiger partial charge in [0.15, 0.2) is 6.29 Å². The van der Waals surface area contributed by atoms with Crippen LogP contribution in [-0.4, -0.2) is 47.3 Å². The predicted molar refractivity (Wildman–Crippen MR) is 100 cm³/mol. The SMILES string of the molecule is CCn1cc(C(=O)NCC(OC)OC)c2nn(-c3ccccc3)c(=O)c-2c1. The summed E-state index contributed by atoms with van der Waals surface area (Å²) in [4.78, 5) is 25.6. The molecule has 0 aliphatic carbocycles. The summed E-state index contributed by atoms with van der Waals surface area (Å²) in [5.74, 6) is -0.348. The quantitative estimate of drug-likeness (QED) is 0.637. The molecule has 2 heterocycles. The lowest BCUT2D eigenvalue weighted by Gasteiger charge is -2.15. The number of pyridine rings is 1. The van der Waals surface area contributed by atoms with Crippen LogP contribution in [0.1, 0.15) is 17.3 Å². The van der Waals surface area contributed by atoms with Crippen molar-refractivity contribution in [1.82, 2.24) is 19.7 Å². The Labute approximate surface area is 156 Å². The number of benzene rings is 1. The Morgan fingerprint density at radius 3 is 2.52 bits per heavy atom. The van der Waals surface area contributed by atoms with E-state index in [1.54, 1.807) is 29.1 Å². The summed E-state index contributed by atoms with van der Waals surface area (Å²) >= 11 is 0. The molecule has 0 atom stereocenters. The molecule has 2 aliphatic heterocycles. The molecule has 1 amide bonds. The zero-order valence-electron chi connectivity index (χ0n) is 15.5. The number of aryl methyl sites for hydroxylation is 1. The summed E-state index contributed by atoms with van der Waals surface area (Å²) in [7, 11) is 2.99. The number of amides is 1. The summed E-state index contributed by atoms with van der Waals surface area (Å²) < 4.78 is 13.3. The van der Waals surface area contributed by atoms with Gasteiger partial charge in [-0.1, -0.05) is 18.2 Å². The molecule has 3 rings (SSSR count). The van der Waals surface area contributed by atoms with E-state index in [9.17, 15) is 9.59 Å². The van der Waals surface area contributed by atoms with Gasteiger partial charge < -0.3 is 19.4 Å². The van der Waals surface area contributed by atoms with Gasteiger partial charge in [0.25, 0.3) is 11.5 Å². The average molecular weight is 370 g/mol. The number of hydrogen-bond acceptors (Lipinski definition) is 5. The minimum Gasteiger partial charge on any atom is -0.354 e. The van der Waals surface area contributed by atoms with Crippen LogP contribution in [0.5, 0.6) is 0 Å². The molecule has 0 saturated heterocycles. The fourth-order valence-corrected chi connectivity index (χ4v) is 2.79. The summed E-state index contributed by atoms with van der Waals surface area (Å²) in [5.41, 5.74) is 1.46. The molecule has 0 fully saturated rings. The molecule has 0 spiro atoms. The van der Waals surface area contributed by atoms with Crippen LogP contribution < -0.4 is 10.9 Å². The number of fused-ring (bicyclic) bond motifs is 1. The number of methoxy groups -OCH3 is 2. The first-order valence-corrected chi connectivity index (χ1v) is 8.61. The first-order chi connectivity index (χ1) is 13.1. The maximum absolute atomic E-state index is 12.8. The van der Waals surface area contributed by atoms with Crippen molar-refractivity contribution in [3.8, 4) is 16.9 Å². The van der Waals surface area contributed by atoms with E-state index in [4.69, 9.17) is 9.47 Å². The van der Waals surface area contributed by atoms with Gasteiger partial charge >= 0.3 is 0 Å². The van der Waals surface area contributed by atoms with E-state index >= 15 is 0 Å². The van der Waals surface area contributed by atoms with Crippen LogP contribution in [0.3, 0.4) is 0 Å². The van der Waals surface area contributed by atoms with E-state index in [0.717, 1.165) is 0 Å². The average Bonchev–Trinajstić information content (AvgIpc) is 3.05. The Bertz CT molecular complexity index is 944. The molecule has 1 aromatic carbocycles.